The van der Waals surface area contributed by atoms with Gasteiger partial charge in [0.05, 0.1) is 12.2 Å². The van der Waals surface area contributed by atoms with E-state index in [1.165, 1.54) is 0 Å². The zero-order chi connectivity index (χ0) is 25.4. The van der Waals surface area contributed by atoms with Crippen molar-refractivity contribution in [1.29, 1.82) is 0 Å². The molecule has 0 spiro atoms. The summed E-state index contributed by atoms with van der Waals surface area (Å²) in [6.07, 6.45) is 3.21. The van der Waals surface area contributed by atoms with Crippen LogP contribution >= 0.6 is 0 Å². The highest BCUT2D eigenvalue weighted by Gasteiger charge is 2.17. The van der Waals surface area contributed by atoms with E-state index in [-0.39, 0.29) is 5.91 Å². The molecule has 0 radical (unpaired) electrons. The fourth-order valence-electron chi connectivity index (χ4n) is 3.97. The Balaban J connectivity index is 1.75. The standard InChI is InChI=1S/C26H35N5O4/c1-6-19-14-20(12-17(4)23(19)34-11-9-10-27-22(33)16-32)24-29-26(35-30-24)21-13-18(5)25(28-15-21)31(7-2)8-3/h12-15,32H,6-11,16H2,1-5H3,(H,27,33). The molecule has 0 aliphatic heterocycles. The van der Waals surface area contributed by atoms with Crippen LogP contribution in [0.5, 0.6) is 5.75 Å². The lowest BCUT2D eigenvalue weighted by Gasteiger charge is -2.21. The van der Waals surface area contributed by atoms with Gasteiger partial charge in [0.25, 0.3) is 5.89 Å². The quantitative estimate of drug-likeness (QED) is 0.377. The highest BCUT2D eigenvalue weighted by molar-refractivity contribution is 5.76. The van der Waals surface area contributed by atoms with Crippen molar-refractivity contribution in [3.8, 4) is 28.6 Å². The third-order valence-corrected chi connectivity index (χ3v) is 5.81. The molecule has 1 amide bonds. The zero-order valence-corrected chi connectivity index (χ0v) is 21.2. The lowest BCUT2D eigenvalue weighted by molar-refractivity contribution is -0.123. The van der Waals surface area contributed by atoms with Gasteiger partial charge in [0.1, 0.15) is 18.2 Å². The molecule has 2 N–H and O–H groups in total. The normalized spacial score (nSPS) is 10.9. The molecule has 0 unspecified atom stereocenters. The Morgan fingerprint density at radius 1 is 1.11 bits per heavy atom. The predicted octanol–water partition coefficient (Wildman–Crippen LogP) is 3.70. The predicted molar refractivity (Wildman–Crippen MR) is 136 cm³/mol. The molecule has 35 heavy (non-hydrogen) atoms. The van der Waals surface area contributed by atoms with Crippen LogP contribution in [0.2, 0.25) is 0 Å². The number of carbonyl (C=O) groups is 1. The number of hydrogen-bond donors (Lipinski definition) is 2. The molecule has 2 heterocycles. The number of aliphatic hydroxyl groups excluding tert-OH is 1. The molecular formula is C26H35N5O4. The number of nitrogens with one attached hydrogen (secondary N) is 1. The molecular weight excluding hydrogens is 446 g/mol. The van der Waals surface area contributed by atoms with E-state index in [9.17, 15) is 4.79 Å². The second-order valence-corrected chi connectivity index (χ2v) is 8.30. The number of ether oxygens (including phenoxy) is 1. The molecule has 0 saturated carbocycles. The van der Waals surface area contributed by atoms with Crippen LogP contribution in [0.3, 0.4) is 0 Å². The first kappa shape index (κ1) is 26.2. The van der Waals surface area contributed by atoms with Crippen molar-refractivity contribution in [3.05, 3.63) is 41.1 Å². The fourth-order valence-corrected chi connectivity index (χ4v) is 3.97. The molecule has 0 aliphatic rings. The maximum absolute atomic E-state index is 11.1. The summed E-state index contributed by atoms with van der Waals surface area (Å²) in [4.78, 5) is 22.6. The Morgan fingerprint density at radius 2 is 1.86 bits per heavy atom. The smallest absolute Gasteiger partial charge is 0.259 e. The summed E-state index contributed by atoms with van der Waals surface area (Å²) in [5.41, 5.74) is 4.74. The summed E-state index contributed by atoms with van der Waals surface area (Å²) in [5.74, 6) is 2.36. The number of benzene rings is 1. The van der Waals surface area contributed by atoms with E-state index in [1.807, 2.05) is 32.0 Å². The molecule has 9 nitrogen and oxygen atoms in total. The number of pyridine rings is 1. The van der Waals surface area contributed by atoms with Gasteiger partial charge >= 0.3 is 0 Å². The van der Waals surface area contributed by atoms with E-state index < -0.39 is 6.61 Å². The first-order chi connectivity index (χ1) is 16.9. The van der Waals surface area contributed by atoms with Crippen LogP contribution in [0.25, 0.3) is 22.8 Å². The molecule has 3 rings (SSSR count). The van der Waals surface area contributed by atoms with Gasteiger partial charge in [-0.1, -0.05) is 12.1 Å². The summed E-state index contributed by atoms with van der Waals surface area (Å²) < 4.78 is 11.6. The van der Waals surface area contributed by atoms with Crippen molar-refractivity contribution in [2.75, 3.05) is 37.7 Å². The van der Waals surface area contributed by atoms with Crippen LogP contribution in [-0.2, 0) is 11.2 Å². The van der Waals surface area contributed by atoms with Crippen molar-refractivity contribution in [2.45, 2.75) is 47.5 Å². The number of aromatic nitrogens is 3. The zero-order valence-electron chi connectivity index (χ0n) is 21.2. The van der Waals surface area contributed by atoms with Crippen LogP contribution in [-0.4, -0.2) is 59.0 Å². The average Bonchev–Trinajstić information content (AvgIpc) is 3.36. The minimum Gasteiger partial charge on any atom is -0.493 e. The second-order valence-electron chi connectivity index (χ2n) is 8.30. The molecule has 0 saturated heterocycles. The number of aryl methyl sites for hydroxylation is 3. The van der Waals surface area contributed by atoms with Crippen molar-refractivity contribution < 1.29 is 19.2 Å². The van der Waals surface area contributed by atoms with Gasteiger partial charge in [-0.25, -0.2) is 4.98 Å². The molecule has 9 heteroatoms. The molecule has 1 aromatic carbocycles. The number of carbonyl (C=O) groups excluding carboxylic acids is 1. The summed E-state index contributed by atoms with van der Waals surface area (Å²) in [7, 11) is 0. The van der Waals surface area contributed by atoms with Crippen LogP contribution in [0, 0.1) is 13.8 Å². The van der Waals surface area contributed by atoms with Gasteiger partial charge in [-0.2, -0.15) is 4.98 Å². The maximum Gasteiger partial charge on any atom is 0.259 e. The highest BCUT2D eigenvalue weighted by atomic mass is 16.5. The summed E-state index contributed by atoms with van der Waals surface area (Å²) in [5, 5.41) is 15.6. The topological polar surface area (TPSA) is 114 Å². The fraction of sp³-hybridized carbons (Fsp3) is 0.462. The molecule has 0 bridgehead atoms. The largest absolute Gasteiger partial charge is 0.493 e. The minimum atomic E-state index is -0.503. The first-order valence-corrected chi connectivity index (χ1v) is 12.1. The molecule has 3 aromatic rings. The van der Waals surface area contributed by atoms with Gasteiger partial charge in [-0.3, -0.25) is 4.79 Å². The summed E-state index contributed by atoms with van der Waals surface area (Å²) in [6.45, 7) is 12.5. The molecule has 2 aromatic heterocycles. The summed E-state index contributed by atoms with van der Waals surface area (Å²) in [6, 6.07) is 6.04. The van der Waals surface area contributed by atoms with Crippen molar-refractivity contribution in [3.63, 3.8) is 0 Å². The second kappa shape index (κ2) is 12.3. The van der Waals surface area contributed by atoms with Gasteiger partial charge in [0, 0.05) is 31.4 Å². The lowest BCUT2D eigenvalue weighted by Crippen LogP contribution is -2.28. The molecule has 0 atom stereocenters. The highest BCUT2D eigenvalue weighted by Crippen LogP contribution is 2.31. The molecule has 0 fully saturated rings. The van der Waals surface area contributed by atoms with E-state index in [0.717, 1.165) is 58.9 Å². The van der Waals surface area contributed by atoms with Crippen LogP contribution < -0.4 is 15.0 Å². The van der Waals surface area contributed by atoms with E-state index in [4.69, 9.17) is 14.4 Å². The first-order valence-electron chi connectivity index (χ1n) is 12.1. The third-order valence-electron chi connectivity index (χ3n) is 5.81. The Kier molecular flexibility index (Phi) is 9.19. The van der Waals surface area contributed by atoms with Crippen LogP contribution in [0.15, 0.2) is 28.9 Å². The number of anilines is 1. The number of hydrogen-bond acceptors (Lipinski definition) is 8. The number of aliphatic hydroxyl groups is 1. The van der Waals surface area contributed by atoms with Crippen LogP contribution in [0.4, 0.5) is 5.82 Å². The van der Waals surface area contributed by atoms with Gasteiger partial charge in [0.2, 0.25) is 11.7 Å². The molecule has 188 valence electrons. The van der Waals surface area contributed by atoms with Gasteiger partial charge in [-0.15, -0.1) is 0 Å². The van der Waals surface area contributed by atoms with E-state index in [0.29, 0.717) is 31.3 Å². The van der Waals surface area contributed by atoms with E-state index in [2.05, 4.69) is 46.1 Å². The Labute approximate surface area is 206 Å². The molecule has 0 aliphatic carbocycles. The van der Waals surface area contributed by atoms with Crippen molar-refractivity contribution in [2.24, 2.45) is 0 Å². The lowest BCUT2D eigenvalue weighted by atomic mass is 10.0. The van der Waals surface area contributed by atoms with Crippen molar-refractivity contribution in [1.82, 2.24) is 20.4 Å². The van der Waals surface area contributed by atoms with Crippen LogP contribution in [0.1, 0.15) is 43.9 Å². The van der Waals surface area contributed by atoms with E-state index in [1.54, 1.807) is 6.20 Å². The third kappa shape index (κ3) is 6.36. The SMILES string of the molecule is CCc1cc(-c2noc(-c3cnc(N(CC)CC)c(C)c3)n2)cc(C)c1OCCCNC(=O)CO. The van der Waals surface area contributed by atoms with Gasteiger partial charge < -0.3 is 24.6 Å². The number of rotatable bonds is 12. The monoisotopic (exact) mass is 481 g/mol. The Morgan fingerprint density at radius 3 is 2.51 bits per heavy atom. The van der Waals surface area contributed by atoms with E-state index >= 15 is 0 Å². The van der Waals surface area contributed by atoms with Gasteiger partial charge in [0.15, 0.2) is 0 Å². The Hall–Kier alpha value is -3.46. The Bertz CT molecular complexity index is 1140. The number of amides is 1. The minimum absolute atomic E-state index is 0.384. The van der Waals surface area contributed by atoms with Crippen molar-refractivity contribution >= 4 is 11.7 Å². The summed E-state index contributed by atoms with van der Waals surface area (Å²) >= 11 is 0. The van der Waals surface area contributed by atoms with Gasteiger partial charge in [-0.05, 0) is 75.4 Å². The average molecular weight is 482 g/mol. The number of nitrogens with zero attached hydrogens (tertiary/aromatic N) is 4. The maximum atomic E-state index is 11.1.